The van der Waals surface area contributed by atoms with Gasteiger partial charge in [-0.2, -0.15) is 0 Å². The first-order chi connectivity index (χ1) is 9.14. The molecule has 7 nitrogen and oxygen atoms in total. The minimum absolute atomic E-state index is 0.127. The van der Waals surface area contributed by atoms with Crippen LogP contribution in [0.25, 0.3) is 0 Å². The molecule has 1 heterocycles. The van der Waals surface area contributed by atoms with E-state index in [-0.39, 0.29) is 25.6 Å². The molecule has 0 radical (unpaired) electrons. The van der Waals surface area contributed by atoms with Crippen LogP contribution in [0.5, 0.6) is 0 Å². The molecule has 0 bridgehead atoms. The fourth-order valence-electron chi connectivity index (χ4n) is 1.84. The zero-order chi connectivity index (χ0) is 15.5. The number of aliphatic hydroxyl groups excluding tert-OH is 1. The molecule has 0 unspecified atom stereocenters. The van der Waals surface area contributed by atoms with Crippen LogP contribution in [-0.2, 0) is 14.3 Å². The minimum atomic E-state index is -0.775. The van der Waals surface area contributed by atoms with Crippen LogP contribution >= 0.6 is 0 Å². The van der Waals surface area contributed by atoms with E-state index in [4.69, 9.17) is 9.47 Å². The Bertz CT molecular complexity index is 364. The summed E-state index contributed by atoms with van der Waals surface area (Å²) in [5.41, 5.74) is -0.606. The fraction of sp³-hybridized carbons (Fsp3) is 0.846. The maximum atomic E-state index is 12.1. The number of nitrogens with zero attached hydrogens (tertiary/aromatic N) is 2. The third-order valence-corrected chi connectivity index (χ3v) is 2.74. The van der Waals surface area contributed by atoms with Crippen molar-refractivity contribution >= 4 is 12.0 Å². The summed E-state index contributed by atoms with van der Waals surface area (Å²) in [7, 11) is 3.23. The van der Waals surface area contributed by atoms with Crippen molar-refractivity contribution in [3.8, 4) is 0 Å². The summed E-state index contributed by atoms with van der Waals surface area (Å²) < 4.78 is 10.8. The van der Waals surface area contributed by atoms with Gasteiger partial charge in [0.15, 0.2) is 6.10 Å². The molecule has 0 aliphatic carbocycles. The Morgan fingerprint density at radius 2 is 1.95 bits per heavy atom. The number of hydrogen-bond donors (Lipinski definition) is 1. The van der Waals surface area contributed by atoms with E-state index in [9.17, 15) is 14.7 Å². The Kier molecular flexibility index (Phi) is 5.35. The van der Waals surface area contributed by atoms with Crippen LogP contribution in [0.15, 0.2) is 0 Å². The van der Waals surface area contributed by atoms with Gasteiger partial charge in [-0.25, -0.2) is 4.79 Å². The second-order valence-corrected chi connectivity index (χ2v) is 6.05. The molecule has 7 heteroatoms. The van der Waals surface area contributed by atoms with Gasteiger partial charge in [0.2, 0.25) is 0 Å². The third kappa shape index (κ3) is 4.64. The Balaban J connectivity index is 2.76. The van der Waals surface area contributed by atoms with Crippen LogP contribution in [0.1, 0.15) is 20.8 Å². The Morgan fingerprint density at radius 3 is 2.40 bits per heavy atom. The molecular weight excluding hydrogens is 264 g/mol. The number of rotatable bonds is 2. The van der Waals surface area contributed by atoms with Crippen molar-refractivity contribution in [1.29, 1.82) is 0 Å². The van der Waals surface area contributed by atoms with Crippen molar-refractivity contribution in [1.82, 2.24) is 9.80 Å². The van der Waals surface area contributed by atoms with Gasteiger partial charge in [0.05, 0.1) is 25.8 Å². The molecule has 1 rings (SSSR count). The molecule has 0 spiro atoms. The smallest absolute Gasteiger partial charge is 0.410 e. The normalized spacial score (nSPS) is 23.4. The molecular formula is C13H24N2O5. The lowest BCUT2D eigenvalue weighted by Gasteiger charge is -2.38. The van der Waals surface area contributed by atoms with Gasteiger partial charge in [-0.15, -0.1) is 0 Å². The molecule has 0 aromatic carbocycles. The van der Waals surface area contributed by atoms with E-state index in [1.807, 2.05) is 0 Å². The summed E-state index contributed by atoms with van der Waals surface area (Å²) in [5, 5.41) is 9.23. The highest BCUT2D eigenvalue weighted by atomic mass is 16.6. The summed E-state index contributed by atoms with van der Waals surface area (Å²) in [6.07, 6.45) is -1.86. The van der Waals surface area contributed by atoms with E-state index < -0.39 is 23.9 Å². The maximum Gasteiger partial charge on any atom is 0.410 e. The zero-order valence-electron chi connectivity index (χ0n) is 12.8. The van der Waals surface area contributed by atoms with Crippen LogP contribution in [0.4, 0.5) is 4.79 Å². The van der Waals surface area contributed by atoms with Crippen molar-refractivity contribution < 1.29 is 24.2 Å². The first-order valence-corrected chi connectivity index (χ1v) is 6.59. The molecule has 1 aliphatic heterocycles. The summed E-state index contributed by atoms with van der Waals surface area (Å²) in [5.74, 6) is -0.239. The van der Waals surface area contributed by atoms with Crippen LogP contribution in [0.3, 0.4) is 0 Å². The van der Waals surface area contributed by atoms with Gasteiger partial charge >= 0.3 is 6.09 Å². The highest BCUT2D eigenvalue weighted by Gasteiger charge is 2.36. The number of carbonyl (C=O) groups excluding carboxylic acids is 2. The molecule has 2 amide bonds. The van der Waals surface area contributed by atoms with Gasteiger partial charge in [-0.1, -0.05) is 0 Å². The van der Waals surface area contributed by atoms with Gasteiger partial charge < -0.3 is 24.4 Å². The molecule has 1 aliphatic rings. The Labute approximate surface area is 119 Å². The summed E-state index contributed by atoms with van der Waals surface area (Å²) in [4.78, 5) is 26.8. The van der Waals surface area contributed by atoms with E-state index in [2.05, 4.69) is 0 Å². The minimum Gasteiger partial charge on any atom is -0.444 e. The van der Waals surface area contributed by atoms with Crippen molar-refractivity contribution in [3.63, 3.8) is 0 Å². The largest absolute Gasteiger partial charge is 0.444 e. The highest BCUT2D eigenvalue weighted by Crippen LogP contribution is 2.17. The van der Waals surface area contributed by atoms with Gasteiger partial charge in [-0.05, 0) is 20.8 Å². The monoisotopic (exact) mass is 288 g/mol. The Morgan fingerprint density at radius 1 is 1.35 bits per heavy atom. The molecule has 1 N–H and O–H groups in total. The van der Waals surface area contributed by atoms with Crippen molar-refractivity contribution in [2.24, 2.45) is 0 Å². The lowest BCUT2D eigenvalue weighted by molar-refractivity contribution is -0.157. The third-order valence-electron chi connectivity index (χ3n) is 2.74. The summed E-state index contributed by atoms with van der Waals surface area (Å²) in [6.45, 7) is 5.41. The van der Waals surface area contributed by atoms with Gasteiger partial charge in [-0.3, -0.25) is 4.79 Å². The fourth-order valence-corrected chi connectivity index (χ4v) is 1.84. The molecule has 20 heavy (non-hydrogen) atoms. The van der Waals surface area contributed by atoms with E-state index in [0.29, 0.717) is 0 Å². The quantitative estimate of drug-likeness (QED) is 0.778. The molecule has 2 atom stereocenters. The molecule has 116 valence electrons. The molecule has 0 aromatic rings. The van der Waals surface area contributed by atoms with Crippen molar-refractivity contribution in [2.45, 2.75) is 38.6 Å². The SMILES string of the molecule is CN(C)C(=O)[C@@H]1CN(C(=O)OC(C)(C)C)C[C@H](CO)O1. The van der Waals surface area contributed by atoms with Gasteiger partial charge in [0.1, 0.15) is 5.60 Å². The zero-order valence-corrected chi connectivity index (χ0v) is 12.8. The Hall–Kier alpha value is -1.34. The van der Waals surface area contributed by atoms with Crippen molar-refractivity contribution in [2.75, 3.05) is 33.8 Å². The molecule has 1 saturated heterocycles. The van der Waals surface area contributed by atoms with Crippen LogP contribution in [0.2, 0.25) is 0 Å². The number of hydrogen-bond acceptors (Lipinski definition) is 5. The average molecular weight is 288 g/mol. The highest BCUT2D eigenvalue weighted by molar-refractivity contribution is 5.81. The van der Waals surface area contributed by atoms with E-state index >= 15 is 0 Å². The summed E-state index contributed by atoms with van der Waals surface area (Å²) >= 11 is 0. The lowest BCUT2D eigenvalue weighted by Crippen LogP contribution is -2.56. The number of aliphatic hydroxyl groups is 1. The predicted octanol–water partition coefficient (Wildman–Crippen LogP) is 0.0714. The number of carbonyl (C=O) groups is 2. The molecule has 0 aromatic heterocycles. The van der Waals surface area contributed by atoms with Crippen LogP contribution < -0.4 is 0 Å². The van der Waals surface area contributed by atoms with Crippen LogP contribution in [-0.4, -0.2) is 78.5 Å². The topological polar surface area (TPSA) is 79.3 Å². The van der Waals surface area contributed by atoms with Gasteiger partial charge in [0, 0.05) is 14.1 Å². The van der Waals surface area contributed by atoms with Gasteiger partial charge in [0.25, 0.3) is 5.91 Å². The number of ether oxygens (including phenoxy) is 2. The summed E-state index contributed by atoms with van der Waals surface area (Å²) in [6, 6.07) is 0. The van der Waals surface area contributed by atoms with E-state index in [1.54, 1.807) is 34.9 Å². The lowest BCUT2D eigenvalue weighted by atomic mass is 10.2. The van der Waals surface area contributed by atoms with E-state index in [1.165, 1.54) is 9.80 Å². The second-order valence-electron chi connectivity index (χ2n) is 6.05. The molecule has 1 fully saturated rings. The molecule has 0 saturated carbocycles. The predicted molar refractivity (Wildman–Crippen MR) is 72.2 cm³/mol. The average Bonchev–Trinajstić information content (AvgIpc) is 2.35. The maximum absolute atomic E-state index is 12.1. The number of morpholine rings is 1. The number of amides is 2. The van der Waals surface area contributed by atoms with Crippen LogP contribution in [0, 0.1) is 0 Å². The van der Waals surface area contributed by atoms with E-state index in [0.717, 1.165) is 0 Å². The number of likely N-dealkylation sites (N-methyl/N-ethyl adjacent to an activating group) is 1. The van der Waals surface area contributed by atoms with Crippen molar-refractivity contribution in [3.05, 3.63) is 0 Å². The second kappa shape index (κ2) is 6.41. The standard InChI is InChI=1S/C13H24N2O5/c1-13(2,3)20-12(18)15-6-9(8-16)19-10(7-15)11(17)14(4)5/h9-10,16H,6-8H2,1-5H3/t9-,10+/m1/s1. The first-order valence-electron chi connectivity index (χ1n) is 6.59. The first kappa shape index (κ1) is 16.7.